The summed E-state index contributed by atoms with van der Waals surface area (Å²) >= 11 is 0. The van der Waals surface area contributed by atoms with Gasteiger partial charge in [-0.05, 0) is 30.9 Å². The number of ether oxygens (including phenoxy) is 2. The van der Waals surface area contributed by atoms with Crippen LogP contribution in [0.5, 0.6) is 11.5 Å². The lowest BCUT2D eigenvalue weighted by atomic mass is 10.0. The zero-order valence-electron chi connectivity index (χ0n) is 13.2. The number of methoxy groups -OCH3 is 2. The molecule has 1 aliphatic rings. The van der Waals surface area contributed by atoms with Gasteiger partial charge in [-0.15, -0.1) is 0 Å². The molecule has 2 amide bonds. The number of anilines is 1. The maximum absolute atomic E-state index is 12.2. The highest BCUT2D eigenvalue weighted by molar-refractivity contribution is 6.39. The highest BCUT2D eigenvalue weighted by Crippen LogP contribution is 2.29. The summed E-state index contributed by atoms with van der Waals surface area (Å²) in [5.74, 6) is 0.363. The molecule has 1 N–H and O–H groups in total. The Balaban J connectivity index is 2.06. The van der Waals surface area contributed by atoms with E-state index in [1.54, 1.807) is 30.2 Å². The smallest absolute Gasteiger partial charge is 0.314 e. The molecule has 1 fully saturated rings. The van der Waals surface area contributed by atoms with Gasteiger partial charge in [0.25, 0.3) is 0 Å². The fourth-order valence-electron chi connectivity index (χ4n) is 2.60. The molecule has 1 unspecified atom stereocenters. The second-order valence-electron chi connectivity index (χ2n) is 5.52. The summed E-state index contributed by atoms with van der Waals surface area (Å²) in [4.78, 5) is 26.0. The summed E-state index contributed by atoms with van der Waals surface area (Å²) in [6, 6.07) is 5.01. The molecule has 1 heterocycles. The Hall–Kier alpha value is -2.24. The summed E-state index contributed by atoms with van der Waals surface area (Å²) < 4.78 is 10.3. The predicted molar refractivity (Wildman–Crippen MR) is 83.2 cm³/mol. The van der Waals surface area contributed by atoms with Crippen LogP contribution in [-0.2, 0) is 9.59 Å². The first kappa shape index (κ1) is 16.1. The summed E-state index contributed by atoms with van der Waals surface area (Å²) in [6.07, 6.45) is 2.03. The first-order valence-electron chi connectivity index (χ1n) is 7.37. The van der Waals surface area contributed by atoms with Gasteiger partial charge in [-0.3, -0.25) is 9.59 Å². The first-order valence-corrected chi connectivity index (χ1v) is 7.37. The van der Waals surface area contributed by atoms with Gasteiger partial charge in [0, 0.05) is 19.2 Å². The minimum atomic E-state index is -0.641. The van der Waals surface area contributed by atoms with E-state index in [0.717, 1.165) is 12.8 Å². The van der Waals surface area contributed by atoms with E-state index in [9.17, 15) is 9.59 Å². The predicted octanol–water partition coefficient (Wildman–Crippen LogP) is 1.90. The minimum Gasteiger partial charge on any atom is -0.497 e. The first-order chi connectivity index (χ1) is 10.5. The zero-order chi connectivity index (χ0) is 16.1. The van der Waals surface area contributed by atoms with Crippen LogP contribution in [-0.4, -0.2) is 44.0 Å². The molecule has 0 radical (unpaired) electrons. The van der Waals surface area contributed by atoms with Crippen LogP contribution in [0.2, 0.25) is 0 Å². The lowest BCUT2D eigenvalue weighted by Gasteiger charge is -2.30. The number of rotatable bonds is 3. The van der Waals surface area contributed by atoms with Crippen molar-refractivity contribution in [3.63, 3.8) is 0 Å². The highest BCUT2D eigenvalue weighted by Gasteiger charge is 2.26. The number of carbonyl (C=O) groups is 2. The van der Waals surface area contributed by atoms with E-state index in [2.05, 4.69) is 12.2 Å². The van der Waals surface area contributed by atoms with Crippen molar-refractivity contribution in [3.05, 3.63) is 18.2 Å². The number of hydrogen-bond donors (Lipinski definition) is 1. The van der Waals surface area contributed by atoms with Gasteiger partial charge in [0.15, 0.2) is 0 Å². The molecule has 6 nitrogen and oxygen atoms in total. The molecular weight excluding hydrogens is 284 g/mol. The van der Waals surface area contributed by atoms with Crippen molar-refractivity contribution in [1.29, 1.82) is 0 Å². The Labute approximate surface area is 130 Å². The van der Waals surface area contributed by atoms with Crippen molar-refractivity contribution >= 4 is 17.5 Å². The van der Waals surface area contributed by atoms with Crippen LogP contribution in [0, 0.1) is 5.92 Å². The average molecular weight is 306 g/mol. The molecule has 1 aromatic carbocycles. The van der Waals surface area contributed by atoms with Crippen LogP contribution in [0.1, 0.15) is 19.8 Å². The Morgan fingerprint density at radius 1 is 1.27 bits per heavy atom. The Morgan fingerprint density at radius 2 is 2.05 bits per heavy atom. The van der Waals surface area contributed by atoms with Gasteiger partial charge in [0.2, 0.25) is 0 Å². The maximum Gasteiger partial charge on any atom is 0.314 e. The standard InChI is InChI=1S/C16H22N2O4/c1-11-5-4-8-18(10-11)16(20)15(19)17-13-7-6-12(21-2)9-14(13)22-3/h6-7,9,11H,4-5,8,10H2,1-3H3,(H,17,19). The molecule has 0 spiro atoms. The summed E-state index contributed by atoms with van der Waals surface area (Å²) in [5.41, 5.74) is 0.451. The van der Waals surface area contributed by atoms with E-state index in [0.29, 0.717) is 36.2 Å². The molecule has 0 aromatic heterocycles. The third-order valence-electron chi connectivity index (χ3n) is 3.80. The Bertz CT molecular complexity index is 559. The molecular formula is C16H22N2O4. The van der Waals surface area contributed by atoms with E-state index >= 15 is 0 Å². The molecule has 0 saturated carbocycles. The quantitative estimate of drug-likeness (QED) is 0.866. The molecule has 1 aromatic rings. The van der Waals surface area contributed by atoms with Crippen LogP contribution in [0.25, 0.3) is 0 Å². The van der Waals surface area contributed by atoms with Gasteiger partial charge in [0.1, 0.15) is 11.5 Å². The highest BCUT2D eigenvalue weighted by atomic mass is 16.5. The molecule has 22 heavy (non-hydrogen) atoms. The number of amides is 2. The van der Waals surface area contributed by atoms with E-state index in [1.807, 2.05) is 0 Å². The second kappa shape index (κ2) is 7.15. The fourth-order valence-corrected chi connectivity index (χ4v) is 2.60. The van der Waals surface area contributed by atoms with Crippen LogP contribution in [0.15, 0.2) is 18.2 Å². The molecule has 1 atom stereocenters. The lowest BCUT2D eigenvalue weighted by Crippen LogP contribution is -2.44. The summed E-state index contributed by atoms with van der Waals surface area (Å²) in [5, 5.41) is 2.61. The number of carbonyl (C=O) groups excluding carboxylic acids is 2. The van der Waals surface area contributed by atoms with E-state index in [-0.39, 0.29) is 0 Å². The van der Waals surface area contributed by atoms with Crippen LogP contribution >= 0.6 is 0 Å². The van der Waals surface area contributed by atoms with Gasteiger partial charge >= 0.3 is 11.8 Å². The van der Waals surface area contributed by atoms with Gasteiger partial charge in [-0.25, -0.2) is 0 Å². The summed E-state index contributed by atoms with van der Waals surface area (Å²) in [7, 11) is 3.05. The SMILES string of the molecule is COc1ccc(NC(=O)C(=O)N2CCCC(C)C2)c(OC)c1. The van der Waals surface area contributed by atoms with Crippen molar-refractivity contribution in [2.45, 2.75) is 19.8 Å². The second-order valence-corrected chi connectivity index (χ2v) is 5.52. The van der Waals surface area contributed by atoms with E-state index in [1.165, 1.54) is 7.11 Å². The van der Waals surface area contributed by atoms with Crippen molar-refractivity contribution in [3.8, 4) is 11.5 Å². The molecule has 1 aliphatic heterocycles. The average Bonchev–Trinajstić information content (AvgIpc) is 2.54. The number of likely N-dealkylation sites (tertiary alicyclic amines) is 1. The van der Waals surface area contributed by atoms with E-state index < -0.39 is 11.8 Å². The Morgan fingerprint density at radius 3 is 2.68 bits per heavy atom. The molecule has 0 aliphatic carbocycles. The van der Waals surface area contributed by atoms with E-state index in [4.69, 9.17) is 9.47 Å². The third kappa shape index (κ3) is 3.69. The third-order valence-corrected chi connectivity index (χ3v) is 3.80. The van der Waals surface area contributed by atoms with Crippen molar-refractivity contribution < 1.29 is 19.1 Å². The largest absolute Gasteiger partial charge is 0.497 e. The summed E-state index contributed by atoms with van der Waals surface area (Å²) in [6.45, 7) is 3.35. The van der Waals surface area contributed by atoms with Gasteiger partial charge in [-0.2, -0.15) is 0 Å². The number of hydrogen-bond acceptors (Lipinski definition) is 4. The molecule has 1 saturated heterocycles. The number of nitrogens with one attached hydrogen (secondary N) is 1. The minimum absolute atomic E-state index is 0.432. The monoisotopic (exact) mass is 306 g/mol. The van der Waals surface area contributed by atoms with Crippen molar-refractivity contribution in [1.82, 2.24) is 4.90 Å². The molecule has 2 rings (SSSR count). The lowest BCUT2D eigenvalue weighted by molar-refractivity contribution is -0.144. The van der Waals surface area contributed by atoms with Crippen LogP contribution < -0.4 is 14.8 Å². The fraction of sp³-hybridized carbons (Fsp3) is 0.500. The van der Waals surface area contributed by atoms with Gasteiger partial charge in [0.05, 0.1) is 19.9 Å². The van der Waals surface area contributed by atoms with Crippen molar-refractivity contribution in [2.75, 3.05) is 32.6 Å². The zero-order valence-corrected chi connectivity index (χ0v) is 13.2. The van der Waals surface area contributed by atoms with Crippen molar-refractivity contribution in [2.24, 2.45) is 5.92 Å². The topological polar surface area (TPSA) is 67.9 Å². The number of piperidine rings is 1. The van der Waals surface area contributed by atoms with Gasteiger partial charge < -0.3 is 19.7 Å². The van der Waals surface area contributed by atoms with Crippen LogP contribution in [0.3, 0.4) is 0 Å². The molecule has 6 heteroatoms. The molecule has 120 valence electrons. The maximum atomic E-state index is 12.2. The normalized spacial score (nSPS) is 17.8. The Kier molecular flexibility index (Phi) is 5.25. The van der Waals surface area contributed by atoms with Crippen LogP contribution in [0.4, 0.5) is 5.69 Å². The number of nitrogens with zero attached hydrogens (tertiary/aromatic N) is 1. The molecule has 0 bridgehead atoms. The number of benzene rings is 1. The van der Waals surface area contributed by atoms with Gasteiger partial charge in [-0.1, -0.05) is 6.92 Å².